The first kappa shape index (κ1) is 28.5. The summed E-state index contributed by atoms with van der Waals surface area (Å²) in [7, 11) is 0. The summed E-state index contributed by atoms with van der Waals surface area (Å²) in [4.78, 5) is 17.0. The average Bonchev–Trinajstić information content (AvgIpc) is 3.38. The second-order valence-corrected chi connectivity index (χ2v) is 10.9. The number of hydrogen-bond donors (Lipinski definition) is 2. The summed E-state index contributed by atoms with van der Waals surface area (Å²) in [5, 5.41) is 20.7. The number of nitrogens with zero attached hydrogens (tertiary/aromatic N) is 1. The number of rotatable bonds is 11. The lowest BCUT2D eigenvalue weighted by Crippen LogP contribution is -2.00. The Hall–Kier alpha value is -5.60. The van der Waals surface area contributed by atoms with Crippen LogP contribution in [-0.2, 0) is 18.0 Å². The zero-order valence-electron chi connectivity index (χ0n) is 23.4. The highest BCUT2D eigenvalue weighted by Gasteiger charge is 2.21. The molecule has 2 N–H and O–H groups in total. The Morgan fingerprint density at radius 1 is 0.773 bits per heavy atom. The molecule has 2 aromatic heterocycles. The second kappa shape index (κ2) is 13.1. The van der Waals surface area contributed by atoms with Gasteiger partial charge in [-0.15, -0.1) is 11.3 Å². The molecule has 2 heterocycles. The summed E-state index contributed by atoms with van der Waals surface area (Å²) < 4.78 is 19.8. The van der Waals surface area contributed by atoms with E-state index < -0.39 is 5.97 Å². The van der Waals surface area contributed by atoms with Gasteiger partial charge in [0.05, 0.1) is 10.5 Å². The third-order valence-corrected chi connectivity index (χ3v) is 7.84. The van der Waals surface area contributed by atoms with E-state index in [4.69, 9.17) is 14.2 Å². The molecule has 0 aliphatic heterocycles. The normalized spacial score (nSPS) is 11.3. The maximum Gasteiger partial charge on any atom is 0.336 e. The van der Waals surface area contributed by atoms with E-state index in [1.54, 1.807) is 42.7 Å². The molecule has 0 fully saturated rings. The van der Waals surface area contributed by atoms with Gasteiger partial charge in [0.2, 0.25) is 0 Å². The smallest absolute Gasteiger partial charge is 0.336 e. The standard InChI is InChI=1S/C36H27NO6S/c38-27-11-13-28(14-12-27)43-35-30-19-31(41-22-24-7-3-1-4-8-24)32(42-23-25-9-5-2-6-10-25)21-33(30)44-34(35)20-29(36(39)40)26-15-17-37-18-16-26/h1-21,38H,22-23H2,(H,39,40). The van der Waals surface area contributed by atoms with E-state index in [9.17, 15) is 15.0 Å². The summed E-state index contributed by atoms with van der Waals surface area (Å²) in [6.07, 6.45) is 4.71. The van der Waals surface area contributed by atoms with E-state index in [0.717, 1.165) is 21.2 Å². The van der Waals surface area contributed by atoms with Crippen LogP contribution in [0.1, 0.15) is 21.6 Å². The fraction of sp³-hybridized carbons (Fsp3) is 0.0556. The van der Waals surface area contributed by atoms with Crippen molar-refractivity contribution in [2.24, 2.45) is 0 Å². The highest BCUT2D eigenvalue weighted by Crippen LogP contribution is 2.47. The number of phenols is 1. The summed E-state index contributed by atoms with van der Waals surface area (Å²) in [5.74, 6) is 1.04. The molecule has 0 aliphatic carbocycles. The quantitative estimate of drug-likeness (QED) is 0.144. The minimum Gasteiger partial charge on any atom is -0.508 e. The zero-order chi connectivity index (χ0) is 30.3. The van der Waals surface area contributed by atoms with E-state index in [2.05, 4.69) is 4.98 Å². The third kappa shape index (κ3) is 6.72. The first-order chi connectivity index (χ1) is 21.5. The monoisotopic (exact) mass is 601 g/mol. The van der Waals surface area contributed by atoms with Gasteiger partial charge in [0.15, 0.2) is 17.2 Å². The van der Waals surface area contributed by atoms with Crippen LogP contribution in [0.5, 0.6) is 28.7 Å². The highest BCUT2D eigenvalue weighted by atomic mass is 32.1. The van der Waals surface area contributed by atoms with Gasteiger partial charge in [-0.25, -0.2) is 4.79 Å². The number of aromatic hydroxyl groups is 1. The lowest BCUT2D eigenvalue weighted by Gasteiger charge is -2.14. The third-order valence-electron chi connectivity index (χ3n) is 6.76. The number of fused-ring (bicyclic) bond motifs is 1. The summed E-state index contributed by atoms with van der Waals surface area (Å²) in [6, 6.07) is 33.1. The SMILES string of the molecule is O=C(O)C(=Cc1sc2cc(OCc3ccccc3)c(OCc3ccccc3)cc2c1Oc1ccc(O)cc1)c1ccncc1. The number of aliphatic carboxylic acids is 1. The molecule has 6 aromatic rings. The Morgan fingerprint density at radius 3 is 1.95 bits per heavy atom. The van der Waals surface area contributed by atoms with Crippen LogP contribution in [0.3, 0.4) is 0 Å². The summed E-state index contributed by atoms with van der Waals surface area (Å²) >= 11 is 1.38. The Bertz CT molecular complexity index is 1900. The summed E-state index contributed by atoms with van der Waals surface area (Å²) in [6.45, 7) is 0.665. The van der Waals surface area contributed by atoms with E-state index >= 15 is 0 Å². The van der Waals surface area contributed by atoms with Crippen LogP contribution < -0.4 is 14.2 Å². The molecule has 0 spiro atoms. The molecular formula is C36H27NO6S. The minimum atomic E-state index is -1.08. The van der Waals surface area contributed by atoms with Crippen molar-refractivity contribution >= 4 is 39.0 Å². The number of ether oxygens (including phenoxy) is 3. The number of carbonyl (C=O) groups is 1. The molecule has 0 aliphatic rings. The van der Waals surface area contributed by atoms with Crippen LogP contribution >= 0.6 is 11.3 Å². The van der Waals surface area contributed by atoms with Gasteiger partial charge in [-0.05, 0) is 65.2 Å². The van der Waals surface area contributed by atoms with E-state index in [1.807, 2.05) is 72.8 Å². The van der Waals surface area contributed by atoms with Gasteiger partial charge < -0.3 is 24.4 Å². The molecule has 0 saturated carbocycles. The number of phenolic OH excluding ortho intramolecular Hbond substituents is 1. The molecule has 0 atom stereocenters. The van der Waals surface area contributed by atoms with Crippen LogP contribution in [-0.4, -0.2) is 21.2 Å². The number of pyridine rings is 1. The average molecular weight is 602 g/mol. The van der Waals surface area contributed by atoms with Crippen molar-refractivity contribution in [1.29, 1.82) is 0 Å². The van der Waals surface area contributed by atoms with Gasteiger partial charge in [0.25, 0.3) is 0 Å². The van der Waals surface area contributed by atoms with Gasteiger partial charge in [0.1, 0.15) is 24.7 Å². The van der Waals surface area contributed by atoms with Crippen molar-refractivity contribution in [3.8, 4) is 28.7 Å². The molecule has 218 valence electrons. The first-order valence-corrected chi connectivity index (χ1v) is 14.6. The van der Waals surface area contributed by atoms with Gasteiger partial charge in [-0.3, -0.25) is 4.98 Å². The maximum atomic E-state index is 12.4. The number of hydrogen-bond acceptors (Lipinski definition) is 7. The van der Waals surface area contributed by atoms with Crippen LogP contribution in [0.4, 0.5) is 0 Å². The fourth-order valence-corrected chi connectivity index (χ4v) is 5.65. The molecule has 0 amide bonds. The van der Waals surface area contributed by atoms with E-state index in [-0.39, 0.29) is 11.3 Å². The molecule has 7 nitrogen and oxygen atoms in total. The zero-order valence-corrected chi connectivity index (χ0v) is 24.2. The Kier molecular flexibility index (Phi) is 8.52. The lowest BCUT2D eigenvalue weighted by atomic mass is 10.1. The molecule has 8 heteroatoms. The van der Waals surface area contributed by atoms with Crippen molar-refractivity contribution in [2.75, 3.05) is 0 Å². The van der Waals surface area contributed by atoms with Gasteiger partial charge in [0, 0.05) is 28.5 Å². The van der Waals surface area contributed by atoms with Crippen LogP contribution in [0.2, 0.25) is 0 Å². The number of benzene rings is 4. The van der Waals surface area contributed by atoms with Crippen molar-refractivity contribution in [3.05, 3.63) is 143 Å². The van der Waals surface area contributed by atoms with E-state index in [1.165, 1.54) is 23.5 Å². The summed E-state index contributed by atoms with van der Waals surface area (Å²) in [5.41, 5.74) is 2.62. The van der Waals surface area contributed by atoms with Crippen molar-refractivity contribution < 1.29 is 29.2 Å². The molecular weight excluding hydrogens is 574 g/mol. The van der Waals surface area contributed by atoms with Crippen molar-refractivity contribution in [2.45, 2.75) is 13.2 Å². The highest BCUT2D eigenvalue weighted by molar-refractivity contribution is 7.20. The topological polar surface area (TPSA) is 98.1 Å². The largest absolute Gasteiger partial charge is 0.508 e. The predicted molar refractivity (Wildman–Crippen MR) is 171 cm³/mol. The fourth-order valence-electron chi connectivity index (χ4n) is 4.56. The Balaban J connectivity index is 1.48. The van der Waals surface area contributed by atoms with Crippen LogP contribution in [0.25, 0.3) is 21.7 Å². The van der Waals surface area contributed by atoms with E-state index in [0.29, 0.717) is 46.7 Å². The van der Waals surface area contributed by atoms with Crippen molar-refractivity contribution in [3.63, 3.8) is 0 Å². The Labute approximate surface area is 257 Å². The predicted octanol–water partition coefficient (Wildman–Crippen LogP) is 8.58. The number of carboxylic acid groups (broad SMARTS) is 1. The van der Waals surface area contributed by atoms with Gasteiger partial charge >= 0.3 is 5.97 Å². The van der Waals surface area contributed by atoms with Gasteiger partial charge in [-0.2, -0.15) is 0 Å². The number of carboxylic acids is 1. The molecule has 44 heavy (non-hydrogen) atoms. The Morgan fingerprint density at radius 2 is 1.36 bits per heavy atom. The van der Waals surface area contributed by atoms with Crippen molar-refractivity contribution in [1.82, 2.24) is 4.98 Å². The molecule has 4 aromatic carbocycles. The molecule has 0 bridgehead atoms. The molecule has 6 rings (SSSR count). The molecule has 0 saturated heterocycles. The minimum absolute atomic E-state index is 0.0932. The molecule has 0 unspecified atom stereocenters. The van der Waals surface area contributed by atoms with Crippen LogP contribution in [0, 0.1) is 0 Å². The second-order valence-electron chi connectivity index (χ2n) is 9.83. The molecule has 0 radical (unpaired) electrons. The number of aromatic nitrogens is 1. The lowest BCUT2D eigenvalue weighted by molar-refractivity contribution is -0.130. The van der Waals surface area contributed by atoms with Gasteiger partial charge in [-0.1, -0.05) is 60.7 Å². The first-order valence-electron chi connectivity index (χ1n) is 13.8. The number of thiophene rings is 1. The van der Waals surface area contributed by atoms with Crippen LogP contribution in [0.15, 0.2) is 122 Å². The maximum absolute atomic E-state index is 12.4.